The van der Waals surface area contributed by atoms with Gasteiger partial charge in [-0.2, -0.15) is 23.7 Å². The average Bonchev–Trinajstić information content (AvgIpc) is 3.92. The van der Waals surface area contributed by atoms with Gasteiger partial charge in [0.1, 0.15) is 58.2 Å². The first-order valence-electron chi connectivity index (χ1n) is 24.6. The Morgan fingerprint density at radius 3 is 1.06 bits per heavy atom. The number of aromatic nitrogens is 14. The molecule has 6 aromatic heterocycles. The quantitative estimate of drug-likeness (QED) is 0.145. The van der Waals surface area contributed by atoms with Crippen LogP contribution < -0.4 is 0 Å². The summed E-state index contributed by atoms with van der Waals surface area (Å²) < 4.78 is 50.4. The number of halogens is 3. The molecule has 0 amide bonds. The second-order valence-electron chi connectivity index (χ2n) is 18.9. The molecule has 78 heavy (non-hydrogen) atoms. The summed E-state index contributed by atoms with van der Waals surface area (Å²) in [6, 6.07) is 34.0. The van der Waals surface area contributed by atoms with E-state index in [1.165, 1.54) is 12.1 Å². The Bertz CT molecular complexity index is 4340. The van der Waals surface area contributed by atoms with Crippen LogP contribution in [-0.2, 0) is 6.18 Å². The Hall–Kier alpha value is -10.3. The van der Waals surface area contributed by atoms with Gasteiger partial charge in [0, 0.05) is 54.9 Å². The van der Waals surface area contributed by atoms with Crippen molar-refractivity contribution in [2.24, 2.45) is 0 Å². The maximum absolute atomic E-state index is 15.5. The highest BCUT2D eigenvalue weighted by Gasteiger charge is 2.37. The van der Waals surface area contributed by atoms with E-state index >= 15 is 13.2 Å². The summed E-state index contributed by atoms with van der Waals surface area (Å²) in [4.78, 5) is 54.9. The zero-order valence-corrected chi connectivity index (χ0v) is 43.1. The van der Waals surface area contributed by atoms with Crippen molar-refractivity contribution in [3.05, 3.63) is 166 Å². The van der Waals surface area contributed by atoms with E-state index in [1.807, 2.05) is 83.4 Å². The second-order valence-corrected chi connectivity index (χ2v) is 18.9. The largest absolute Gasteiger partial charge is 0.417 e. The third kappa shape index (κ3) is 8.25. The Balaban J connectivity index is 1.22. The molecular weight excluding hydrogens is 990 g/mol. The molecular formula is C59H41F3N16. The molecule has 19 heteroatoms. The maximum atomic E-state index is 15.5. The molecule has 0 aliphatic rings. The molecule has 0 aliphatic heterocycles. The number of benzene rings is 6. The number of rotatable bonds is 7. The van der Waals surface area contributed by atoms with Crippen LogP contribution in [0, 0.1) is 78.1 Å². The highest BCUT2D eigenvalue weighted by molar-refractivity contribution is 6.14. The standard InChI is InChI=1S/C59H41F3N16/c1-28-65-29(2)70-55(69-28)36-12-17-48-42(22-36)43-23-37(56-71-30(3)66-31(4)72-56)13-18-49(43)77(48)52-21-16-41(53-40(26-63)10-9-11-47(53)59(60,61)62)54(46(52)27-64)78-50-19-14-38(57-73-32(5)67-33(6)74-57)24-44(50)45-25-39(15-20-51(45)78)58-75-34(7)68-35(8)76-58/h9-25H,1-8H3. The summed E-state index contributed by atoms with van der Waals surface area (Å²) in [6.07, 6.45) is -4.91. The predicted molar refractivity (Wildman–Crippen MR) is 288 cm³/mol. The molecule has 6 heterocycles. The van der Waals surface area contributed by atoms with Gasteiger partial charge < -0.3 is 9.13 Å². The summed E-state index contributed by atoms with van der Waals surface area (Å²) in [5.41, 5.74) is 3.81. The first-order valence-corrected chi connectivity index (χ1v) is 24.6. The third-order valence-corrected chi connectivity index (χ3v) is 13.5. The lowest BCUT2D eigenvalue weighted by atomic mass is 9.90. The molecule has 0 spiro atoms. The zero-order valence-electron chi connectivity index (χ0n) is 43.1. The average molecular weight is 1030 g/mol. The van der Waals surface area contributed by atoms with E-state index in [0.29, 0.717) is 131 Å². The normalized spacial score (nSPS) is 11.8. The van der Waals surface area contributed by atoms with Crippen molar-refractivity contribution in [2.75, 3.05) is 0 Å². The van der Waals surface area contributed by atoms with Crippen LogP contribution in [-0.4, -0.2) is 68.9 Å². The van der Waals surface area contributed by atoms with Gasteiger partial charge in [-0.05, 0) is 146 Å². The van der Waals surface area contributed by atoms with E-state index in [2.05, 4.69) is 65.9 Å². The fourth-order valence-corrected chi connectivity index (χ4v) is 10.6. The Morgan fingerprint density at radius 1 is 0.397 bits per heavy atom. The summed E-state index contributed by atoms with van der Waals surface area (Å²) in [6.45, 7) is 14.3. The zero-order chi connectivity index (χ0) is 54.5. The third-order valence-electron chi connectivity index (χ3n) is 13.5. The SMILES string of the molecule is Cc1nc(C)nc(-c2ccc3c(c2)c2cc(-c4nc(C)nc(C)n4)ccc2n3-c2ccc(-c3c(C#N)cccc3C(F)(F)F)c(-n3c4ccc(-c5nc(C)nc(C)n5)cc4c4cc(-c5nc(C)nc(C)n5)ccc43)c2C#N)n1. The molecule has 0 fully saturated rings. The predicted octanol–water partition coefficient (Wildman–Crippen LogP) is 12.2. The van der Waals surface area contributed by atoms with Gasteiger partial charge in [-0.25, -0.2) is 59.8 Å². The monoisotopic (exact) mass is 1030 g/mol. The Labute approximate surface area is 442 Å². The number of hydrogen-bond donors (Lipinski definition) is 0. The van der Waals surface area contributed by atoms with Gasteiger partial charge in [-0.15, -0.1) is 0 Å². The minimum Gasteiger partial charge on any atom is -0.308 e. The van der Waals surface area contributed by atoms with Gasteiger partial charge in [0.2, 0.25) is 0 Å². The van der Waals surface area contributed by atoms with Crippen LogP contribution in [0.2, 0.25) is 0 Å². The van der Waals surface area contributed by atoms with Crippen molar-refractivity contribution in [1.82, 2.24) is 68.9 Å². The molecule has 6 aromatic carbocycles. The first kappa shape index (κ1) is 48.7. The summed E-state index contributed by atoms with van der Waals surface area (Å²) in [5, 5.41) is 25.4. The number of hydrogen-bond acceptors (Lipinski definition) is 14. The molecule has 0 atom stereocenters. The van der Waals surface area contributed by atoms with Crippen LogP contribution in [0.4, 0.5) is 13.2 Å². The fraction of sp³-hybridized carbons (Fsp3) is 0.153. The summed E-state index contributed by atoms with van der Waals surface area (Å²) in [7, 11) is 0. The van der Waals surface area contributed by atoms with E-state index in [0.717, 1.165) is 16.8 Å². The topological polar surface area (TPSA) is 212 Å². The van der Waals surface area contributed by atoms with E-state index in [1.54, 1.807) is 72.1 Å². The smallest absolute Gasteiger partial charge is 0.308 e. The van der Waals surface area contributed by atoms with Gasteiger partial charge in [0.05, 0.1) is 50.6 Å². The number of alkyl halides is 3. The van der Waals surface area contributed by atoms with E-state index in [4.69, 9.17) is 0 Å². The number of fused-ring (bicyclic) bond motifs is 6. The summed E-state index contributed by atoms with van der Waals surface area (Å²) >= 11 is 0. The van der Waals surface area contributed by atoms with Crippen LogP contribution >= 0.6 is 0 Å². The number of nitrogens with zero attached hydrogens (tertiary/aromatic N) is 16. The Kier molecular flexibility index (Phi) is 11.4. The molecule has 0 radical (unpaired) electrons. The molecule has 12 aromatic rings. The van der Waals surface area contributed by atoms with Crippen LogP contribution in [0.3, 0.4) is 0 Å². The number of aryl methyl sites for hydroxylation is 8. The van der Waals surface area contributed by atoms with Crippen molar-refractivity contribution in [2.45, 2.75) is 61.6 Å². The minimum absolute atomic E-state index is 0.00661. The molecule has 0 saturated carbocycles. The van der Waals surface area contributed by atoms with Gasteiger partial charge in [0.15, 0.2) is 23.3 Å². The van der Waals surface area contributed by atoms with Gasteiger partial charge in [-0.3, -0.25) is 0 Å². The maximum Gasteiger partial charge on any atom is 0.417 e. The van der Waals surface area contributed by atoms with Gasteiger partial charge >= 0.3 is 6.18 Å². The molecule has 0 unspecified atom stereocenters. The van der Waals surface area contributed by atoms with Crippen LogP contribution in [0.5, 0.6) is 0 Å². The highest BCUT2D eigenvalue weighted by Crippen LogP contribution is 2.47. The lowest BCUT2D eigenvalue weighted by molar-refractivity contribution is -0.137. The van der Waals surface area contributed by atoms with Gasteiger partial charge in [-0.1, -0.05) is 12.1 Å². The van der Waals surface area contributed by atoms with Crippen molar-refractivity contribution >= 4 is 43.6 Å². The molecule has 0 N–H and O–H groups in total. The molecule has 378 valence electrons. The van der Waals surface area contributed by atoms with Crippen LogP contribution in [0.1, 0.15) is 63.3 Å². The summed E-state index contributed by atoms with van der Waals surface area (Å²) in [5.74, 6) is 6.01. The van der Waals surface area contributed by atoms with Gasteiger partial charge in [0.25, 0.3) is 0 Å². The van der Waals surface area contributed by atoms with Crippen LogP contribution in [0.15, 0.2) is 103 Å². The van der Waals surface area contributed by atoms with E-state index < -0.39 is 11.7 Å². The van der Waals surface area contributed by atoms with Crippen molar-refractivity contribution in [1.29, 1.82) is 10.5 Å². The number of nitriles is 2. The highest BCUT2D eigenvalue weighted by atomic mass is 19.4. The van der Waals surface area contributed by atoms with E-state index in [-0.39, 0.29) is 27.9 Å². The molecule has 0 bridgehead atoms. The lowest BCUT2D eigenvalue weighted by Gasteiger charge is -2.22. The molecule has 0 aliphatic carbocycles. The van der Waals surface area contributed by atoms with Crippen LogP contribution in [0.25, 0.3) is 112 Å². The minimum atomic E-state index is -4.91. The first-order chi connectivity index (χ1) is 37.4. The fourth-order valence-electron chi connectivity index (χ4n) is 10.6. The van der Waals surface area contributed by atoms with Crippen molar-refractivity contribution < 1.29 is 13.2 Å². The Morgan fingerprint density at radius 2 is 0.744 bits per heavy atom. The molecule has 12 rings (SSSR count). The molecule has 16 nitrogen and oxygen atoms in total. The van der Waals surface area contributed by atoms with Crippen molar-refractivity contribution in [3.8, 4) is 80.2 Å². The second kappa shape index (κ2) is 18.2. The van der Waals surface area contributed by atoms with E-state index in [9.17, 15) is 10.5 Å². The molecule has 0 saturated heterocycles. The lowest BCUT2D eigenvalue weighted by Crippen LogP contribution is -2.11. The van der Waals surface area contributed by atoms with Crippen molar-refractivity contribution in [3.63, 3.8) is 0 Å².